The normalized spacial score (nSPS) is 10.7. The lowest BCUT2D eigenvalue weighted by Crippen LogP contribution is -1.90. The molecular formula is C15H12BrN3O. The van der Waals surface area contributed by atoms with Gasteiger partial charge in [0.1, 0.15) is 0 Å². The average molecular weight is 330 g/mol. The summed E-state index contributed by atoms with van der Waals surface area (Å²) in [5.74, 6) is 0.980. The number of nitrogens with zero attached hydrogens (tertiary/aromatic N) is 2. The summed E-state index contributed by atoms with van der Waals surface area (Å²) in [5.41, 5.74) is 9.40. The molecule has 5 heteroatoms. The van der Waals surface area contributed by atoms with Crippen molar-refractivity contribution >= 4 is 21.6 Å². The first-order valence-electron chi connectivity index (χ1n) is 6.09. The lowest BCUT2D eigenvalue weighted by molar-refractivity contribution is 0.432. The van der Waals surface area contributed by atoms with Crippen LogP contribution in [0.25, 0.3) is 22.8 Å². The summed E-state index contributed by atoms with van der Waals surface area (Å²) in [4.78, 5) is 4.40. The Kier molecular flexibility index (Phi) is 3.28. The van der Waals surface area contributed by atoms with Crippen LogP contribution in [0.5, 0.6) is 0 Å². The summed E-state index contributed by atoms with van der Waals surface area (Å²) >= 11 is 3.37. The Morgan fingerprint density at radius 1 is 1.10 bits per heavy atom. The van der Waals surface area contributed by atoms with Crippen molar-refractivity contribution < 1.29 is 4.52 Å². The van der Waals surface area contributed by atoms with Gasteiger partial charge in [0.25, 0.3) is 5.89 Å². The van der Waals surface area contributed by atoms with Gasteiger partial charge in [0, 0.05) is 15.7 Å². The van der Waals surface area contributed by atoms with Gasteiger partial charge in [-0.25, -0.2) is 0 Å². The van der Waals surface area contributed by atoms with Crippen LogP contribution in [0.3, 0.4) is 0 Å². The van der Waals surface area contributed by atoms with Crippen molar-refractivity contribution in [3.63, 3.8) is 0 Å². The molecule has 3 rings (SSSR count). The van der Waals surface area contributed by atoms with E-state index in [-0.39, 0.29) is 0 Å². The molecule has 4 nitrogen and oxygen atoms in total. The number of hydrogen-bond acceptors (Lipinski definition) is 4. The second-order valence-corrected chi connectivity index (χ2v) is 5.44. The molecule has 0 fully saturated rings. The van der Waals surface area contributed by atoms with Crippen molar-refractivity contribution in [2.24, 2.45) is 0 Å². The fourth-order valence-corrected chi connectivity index (χ4v) is 2.26. The minimum atomic E-state index is 0.422. The fourth-order valence-electron chi connectivity index (χ4n) is 1.88. The van der Waals surface area contributed by atoms with E-state index >= 15 is 0 Å². The number of nitrogen functional groups attached to an aromatic ring is 1. The van der Waals surface area contributed by atoms with Crippen molar-refractivity contribution in [3.05, 3.63) is 52.5 Å². The van der Waals surface area contributed by atoms with E-state index in [0.29, 0.717) is 17.4 Å². The molecule has 2 N–H and O–H groups in total. The first kappa shape index (κ1) is 12.9. The van der Waals surface area contributed by atoms with Crippen molar-refractivity contribution in [1.29, 1.82) is 0 Å². The highest BCUT2D eigenvalue weighted by Gasteiger charge is 2.13. The Bertz CT molecular complexity index is 750. The second-order valence-electron chi connectivity index (χ2n) is 4.52. The smallest absolute Gasteiger partial charge is 0.260 e. The lowest BCUT2D eigenvalue weighted by Gasteiger charge is -2.00. The molecule has 0 radical (unpaired) electrons. The number of halogens is 1. The second kappa shape index (κ2) is 5.09. The van der Waals surface area contributed by atoms with E-state index in [4.69, 9.17) is 10.3 Å². The van der Waals surface area contributed by atoms with Gasteiger partial charge in [0.05, 0.1) is 5.56 Å². The Hall–Kier alpha value is -2.14. The molecule has 0 saturated carbocycles. The predicted octanol–water partition coefficient (Wildman–Crippen LogP) is 4.06. The van der Waals surface area contributed by atoms with Gasteiger partial charge in [0.2, 0.25) is 5.82 Å². The number of rotatable bonds is 2. The summed E-state index contributed by atoms with van der Waals surface area (Å²) in [6, 6.07) is 13.5. The summed E-state index contributed by atoms with van der Waals surface area (Å²) in [6.45, 7) is 2.04. The zero-order chi connectivity index (χ0) is 14.1. The van der Waals surface area contributed by atoms with Crippen molar-refractivity contribution in [2.75, 3.05) is 5.73 Å². The first-order valence-corrected chi connectivity index (χ1v) is 6.89. The van der Waals surface area contributed by atoms with Gasteiger partial charge in [-0.3, -0.25) is 0 Å². The van der Waals surface area contributed by atoms with E-state index in [1.165, 1.54) is 5.56 Å². The number of hydrogen-bond donors (Lipinski definition) is 1. The van der Waals surface area contributed by atoms with Crippen LogP contribution in [0.4, 0.5) is 5.69 Å². The zero-order valence-electron chi connectivity index (χ0n) is 10.8. The molecule has 0 aliphatic rings. The molecule has 3 aromatic rings. The molecule has 20 heavy (non-hydrogen) atoms. The molecule has 0 amide bonds. The molecule has 0 spiro atoms. The van der Waals surface area contributed by atoms with E-state index in [2.05, 4.69) is 26.1 Å². The first-order chi connectivity index (χ1) is 9.63. The van der Waals surface area contributed by atoms with Crippen LogP contribution in [0, 0.1) is 6.92 Å². The standard InChI is InChI=1S/C15H12BrN3O/c1-9-2-4-10(5-3-9)14-18-15(20-19-14)12-7-6-11(16)8-13(12)17/h2-8H,17H2,1H3. The molecule has 0 aliphatic carbocycles. The summed E-state index contributed by atoms with van der Waals surface area (Å²) in [6.07, 6.45) is 0. The molecule has 0 unspecified atom stereocenters. The molecule has 0 bridgehead atoms. The highest BCUT2D eigenvalue weighted by Crippen LogP contribution is 2.29. The van der Waals surface area contributed by atoms with Gasteiger partial charge in [-0.2, -0.15) is 4.98 Å². The minimum Gasteiger partial charge on any atom is -0.398 e. The molecule has 0 atom stereocenters. The monoisotopic (exact) mass is 329 g/mol. The van der Waals surface area contributed by atoms with Crippen LogP contribution in [0.15, 0.2) is 51.5 Å². The van der Waals surface area contributed by atoms with Gasteiger partial charge >= 0.3 is 0 Å². The predicted molar refractivity (Wildman–Crippen MR) is 82.0 cm³/mol. The number of aryl methyl sites for hydroxylation is 1. The molecule has 100 valence electrons. The lowest BCUT2D eigenvalue weighted by atomic mass is 10.1. The van der Waals surface area contributed by atoms with E-state index in [1.807, 2.05) is 49.4 Å². The van der Waals surface area contributed by atoms with Gasteiger partial charge in [-0.05, 0) is 25.1 Å². The van der Waals surface area contributed by atoms with Crippen LogP contribution in [0.2, 0.25) is 0 Å². The fraction of sp³-hybridized carbons (Fsp3) is 0.0667. The highest BCUT2D eigenvalue weighted by atomic mass is 79.9. The van der Waals surface area contributed by atoms with E-state index in [9.17, 15) is 0 Å². The molecule has 2 aromatic carbocycles. The Labute approximate surface area is 124 Å². The Balaban J connectivity index is 1.99. The molecule has 0 aliphatic heterocycles. The molecular weight excluding hydrogens is 318 g/mol. The van der Waals surface area contributed by atoms with Gasteiger partial charge in [0.15, 0.2) is 0 Å². The number of benzene rings is 2. The minimum absolute atomic E-state index is 0.422. The number of anilines is 1. The molecule has 1 heterocycles. The van der Waals surface area contributed by atoms with Crippen molar-refractivity contribution in [2.45, 2.75) is 6.92 Å². The van der Waals surface area contributed by atoms with Crippen LogP contribution in [0.1, 0.15) is 5.56 Å². The van der Waals surface area contributed by atoms with Crippen LogP contribution < -0.4 is 5.73 Å². The maximum absolute atomic E-state index is 5.96. The molecule has 0 saturated heterocycles. The van der Waals surface area contributed by atoms with Crippen molar-refractivity contribution in [3.8, 4) is 22.8 Å². The van der Waals surface area contributed by atoms with E-state index < -0.39 is 0 Å². The molecule has 1 aromatic heterocycles. The third kappa shape index (κ3) is 2.44. The number of aromatic nitrogens is 2. The quantitative estimate of drug-likeness (QED) is 0.720. The number of nitrogens with two attached hydrogens (primary N) is 1. The van der Waals surface area contributed by atoms with E-state index in [1.54, 1.807) is 0 Å². The SMILES string of the molecule is Cc1ccc(-c2noc(-c3ccc(Br)cc3N)n2)cc1. The highest BCUT2D eigenvalue weighted by molar-refractivity contribution is 9.10. The largest absolute Gasteiger partial charge is 0.398 e. The third-order valence-corrected chi connectivity index (χ3v) is 3.47. The van der Waals surface area contributed by atoms with Crippen LogP contribution in [-0.4, -0.2) is 10.1 Å². The van der Waals surface area contributed by atoms with Gasteiger partial charge < -0.3 is 10.3 Å². The van der Waals surface area contributed by atoms with Gasteiger partial charge in [-0.15, -0.1) is 0 Å². The van der Waals surface area contributed by atoms with Crippen molar-refractivity contribution in [1.82, 2.24) is 10.1 Å². The summed E-state index contributed by atoms with van der Waals surface area (Å²) < 4.78 is 6.21. The Morgan fingerprint density at radius 2 is 1.85 bits per heavy atom. The van der Waals surface area contributed by atoms with Crippen LogP contribution >= 0.6 is 15.9 Å². The summed E-state index contributed by atoms with van der Waals surface area (Å²) in [7, 11) is 0. The topological polar surface area (TPSA) is 64.9 Å². The zero-order valence-corrected chi connectivity index (χ0v) is 12.4. The van der Waals surface area contributed by atoms with Gasteiger partial charge in [-0.1, -0.05) is 50.9 Å². The maximum Gasteiger partial charge on any atom is 0.260 e. The van der Waals surface area contributed by atoms with Crippen LogP contribution in [-0.2, 0) is 0 Å². The maximum atomic E-state index is 5.96. The average Bonchev–Trinajstić information content (AvgIpc) is 2.89. The third-order valence-electron chi connectivity index (χ3n) is 2.98. The summed E-state index contributed by atoms with van der Waals surface area (Å²) in [5, 5.41) is 4.00. The Morgan fingerprint density at radius 3 is 2.55 bits per heavy atom. The van der Waals surface area contributed by atoms with E-state index in [0.717, 1.165) is 15.6 Å².